The number of methoxy groups -OCH3 is 2. The maximum absolute atomic E-state index is 9.10. The van der Waals surface area contributed by atoms with Gasteiger partial charge in [0.2, 0.25) is 0 Å². The predicted molar refractivity (Wildman–Crippen MR) is 53.1 cm³/mol. The fourth-order valence-electron chi connectivity index (χ4n) is 1.86. The van der Waals surface area contributed by atoms with Gasteiger partial charge in [-0.3, -0.25) is 4.90 Å². The molecule has 0 saturated carbocycles. The summed E-state index contributed by atoms with van der Waals surface area (Å²) in [6.45, 7) is 2.10. The molecular weight excluding hydrogens is 184 g/mol. The molecule has 1 aliphatic heterocycles. The zero-order valence-corrected chi connectivity index (χ0v) is 8.85. The van der Waals surface area contributed by atoms with Crippen LogP contribution in [0.2, 0.25) is 0 Å². The van der Waals surface area contributed by atoms with Crippen molar-refractivity contribution < 1.29 is 14.6 Å². The Morgan fingerprint density at radius 1 is 1.36 bits per heavy atom. The molecule has 0 radical (unpaired) electrons. The van der Waals surface area contributed by atoms with Crippen LogP contribution in [0.4, 0.5) is 0 Å². The van der Waals surface area contributed by atoms with Crippen LogP contribution >= 0.6 is 0 Å². The molecule has 0 aromatic carbocycles. The Labute approximate surface area is 84.8 Å². The highest BCUT2D eigenvalue weighted by molar-refractivity contribution is 4.89. The second-order valence-electron chi connectivity index (χ2n) is 3.57. The Morgan fingerprint density at radius 2 is 1.86 bits per heavy atom. The summed E-state index contributed by atoms with van der Waals surface area (Å²) in [4.78, 5) is 2.11. The molecule has 1 saturated heterocycles. The van der Waals surface area contributed by atoms with E-state index in [1.165, 1.54) is 0 Å². The average molecular weight is 204 g/mol. The number of aliphatic hydroxyl groups is 1. The smallest absolute Gasteiger partial charge is 0.0971 e. The van der Waals surface area contributed by atoms with Gasteiger partial charge in [0.25, 0.3) is 0 Å². The molecule has 1 aliphatic rings. The highest BCUT2D eigenvalue weighted by atomic mass is 16.5. The van der Waals surface area contributed by atoms with Crippen molar-refractivity contribution in [3.05, 3.63) is 0 Å². The Kier molecular flexibility index (Phi) is 4.77. The van der Waals surface area contributed by atoms with Crippen LogP contribution < -0.4 is 5.73 Å². The second kappa shape index (κ2) is 5.63. The first-order valence-electron chi connectivity index (χ1n) is 4.87. The van der Waals surface area contributed by atoms with Gasteiger partial charge < -0.3 is 20.3 Å². The summed E-state index contributed by atoms with van der Waals surface area (Å²) in [7, 11) is 3.35. The van der Waals surface area contributed by atoms with Gasteiger partial charge in [-0.1, -0.05) is 0 Å². The van der Waals surface area contributed by atoms with Gasteiger partial charge in [-0.2, -0.15) is 0 Å². The van der Waals surface area contributed by atoms with Crippen molar-refractivity contribution in [3.8, 4) is 0 Å². The third kappa shape index (κ3) is 2.43. The quantitative estimate of drug-likeness (QED) is 0.579. The van der Waals surface area contributed by atoms with E-state index < -0.39 is 0 Å². The second-order valence-corrected chi connectivity index (χ2v) is 3.57. The Morgan fingerprint density at radius 3 is 2.14 bits per heavy atom. The molecule has 1 heterocycles. The Bertz CT molecular complexity index is 148. The van der Waals surface area contributed by atoms with Crippen LogP contribution in [-0.4, -0.2) is 68.7 Å². The van der Waals surface area contributed by atoms with Crippen LogP contribution in [0, 0.1) is 0 Å². The van der Waals surface area contributed by atoms with Gasteiger partial charge in [0.15, 0.2) is 0 Å². The van der Waals surface area contributed by atoms with Crippen molar-refractivity contribution in [1.82, 2.24) is 4.90 Å². The van der Waals surface area contributed by atoms with Crippen molar-refractivity contribution in [1.29, 1.82) is 0 Å². The minimum absolute atomic E-state index is 0.0211. The third-order valence-electron chi connectivity index (χ3n) is 2.85. The summed E-state index contributed by atoms with van der Waals surface area (Å²) in [5, 5.41) is 9.10. The molecule has 0 spiro atoms. The summed E-state index contributed by atoms with van der Waals surface area (Å²) >= 11 is 0. The number of likely N-dealkylation sites (tertiary alicyclic amines) is 1. The number of ether oxygens (including phenoxy) is 2. The highest BCUT2D eigenvalue weighted by Gasteiger charge is 2.35. The summed E-state index contributed by atoms with van der Waals surface area (Å²) < 4.78 is 10.6. The van der Waals surface area contributed by atoms with Crippen molar-refractivity contribution in [3.63, 3.8) is 0 Å². The van der Waals surface area contributed by atoms with Crippen molar-refractivity contribution in [2.45, 2.75) is 18.2 Å². The summed E-state index contributed by atoms with van der Waals surface area (Å²) in [6, 6.07) is 0.0211. The lowest BCUT2D eigenvalue weighted by molar-refractivity contribution is -0.00461. The maximum Gasteiger partial charge on any atom is 0.0971 e. The number of hydrogen-bond donors (Lipinski definition) is 2. The first kappa shape index (κ1) is 11.9. The Hall–Kier alpha value is -0.200. The van der Waals surface area contributed by atoms with Crippen LogP contribution in [0.15, 0.2) is 0 Å². The minimum atomic E-state index is 0.0211. The molecule has 1 fully saturated rings. The largest absolute Gasteiger partial charge is 0.395 e. The number of hydrogen-bond acceptors (Lipinski definition) is 5. The van der Waals surface area contributed by atoms with E-state index in [1.54, 1.807) is 14.2 Å². The van der Waals surface area contributed by atoms with Crippen LogP contribution in [-0.2, 0) is 9.47 Å². The van der Waals surface area contributed by atoms with Crippen LogP contribution in [0.1, 0.15) is 0 Å². The van der Waals surface area contributed by atoms with Crippen molar-refractivity contribution >= 4 is 0 Å². The Balaban J connectivity index is 2.51. The van der Waals surface area contributed by atoms with Crippen LogP contribution in [0.25, 0.3) is 0 Å². The fourth-order valence-corrected chi connectivity index (χ4v) is 1.86. The summed E-state index contributed by atoms with van der Waals surface area (Å²) in [6.07, 6.45) is 0.168. The van der Waals surface area contributed by atoms with Gasteiger partial charge in [0.1, 0.15) is 0 Å². The molecule has 5 nitrogen and oxygen atoms in total. The zero-order chi connectivity index (χ0) is 10.6. The molecule has 14 heavy (non-hydrogen) atoms. The van der Waals surface area contributed by atoms with E-state index in [1.807, 2.05) is 0 Å². The van der Waals surface area contributed by atoms with E-state index in [0.717, 1.165) is 13.1 Å². The molecule has 3 atom stereocenters. The molecule has 0 bridgehead atoms. The molecule has 0 amide bonds. The summed E-state index contributed by atoms with van der Waals surface area (Å²) in [5.41, 5.74) is 5.55. The van der Waals surface area contributed by atoms with Gasteiger partial charge in [-0.15, -0.1) is 0 Å². The standard InChI is InChI=1S/C9H20N2O3/c1-13-8-4-11(5-9(8)14-2)7(3-10)6-12/h7-9,12H,3-6,10H2,1-2H3. The minimum Gasteiger partial charge on any atom is -0.395 e. The monoisotopic (exact) mass is 204 g/mol. The van der Waals surface area contributed by atoms with E-state index in [2.05, 4.69) is 4.90 Å². The molecular formula is C9H20N2O3. The molecule has 3 unspecified atom stereocenters. The normalized spacial score (nSPS) is 30.9. The molecule has 0 aromatic rings. The molecule has 5 heteroatoms. The number of aliphatic hydroxyl groups excluding tert-OH is 1. The third-order valence-corrected chi connectivity index (χ3v) is 2.85. The SMILES string of the molecule is COC1CN(C(CN)CO)CC1OC. The average Bonchev–Trinajstić information content (AvgIpc) is 2.63. The topological polar surface area (TPSA) is 68.0 Å². The molecule has 3 N–H and O–H groups in total. The molecule has 84 valence electrons. The molecule has 0 aromatic heterocycles. The molecule has 1 rings (SSSR count). The molecule has 0 aliphatic carbocycles. The fraction of sp³-hybridized carbons (Fsp3) is 1.00. The van der Waals surface area contributed by atoms with E-state index in [4.69, 9.17) is 20.3 Å². The van der Waals surface area contributed by atoms with Crippen molar-refractivity contribution in [2.75, 3.05) is 40.5 Å². The van der Waals surface area contributed by atoms with Gasteiger partial charge in [-0.25, -0.2) is 0 Å². The first-order valence-corrected chi connectivity index (χ1v) is 4.87. The first-order chi connectivity index (χ1) is 6.76. The van der Waals surface area contributed by atoms with E-state index in [0.29, 0.717) is 6.54 Å². The highest BCUT2D eigenvalue weighted by Crippen LogP contribution is 2.17. The number of nitrogens with zero attached hydrogens (tertiary/aromatic N) is 1. The number of rotatable bonds is 5. The summed E-state index contributed by atoms with van der Waals surface area (Å²) in [5.74, 6) is 0. The van der Waals surface area contributed by atoms with Crippen LogP contribution in [0.5, 0.6) is 0 Å². The van der Waals surface area contributed by atoms with Gasteiger partial charge in [0.05, 0.1) is 18.8 Å². The lowest BCUT2D eigenvalue weighted by Crippen LogP contribution is -2.42. The maximum atomic E-state index is 9.10. The van der Waals surface area contributed by atoms with E-state index in [-0.39, 0.29) is 24.9 Å². The number of nitrogens with two attached hydrogens (primary N) is 1. The van der Waals surface area contributed by atoms with E-state index >= 15 is 0 Å². The predicted octanol–water partition coefficient (Wildman–Crippen LogP) is -1.35. The van der Waals surface area contributed by atoms with Gasteiger partial charge in [-0.05, 0) is 0 Å². The van der Waals surface area contributed by atoms with E-state index in [9.17, 15) is 0 Å². The lowest BCUT2D eigenvalue weighted by Gasteiger charge is -2.24. The van der Waals surface area contributed by atoms with Crippen LogP contribution in [0.3, 0.4) is 0 Å². The zero-order valence-electron chi connectivity index (χ0n) is 8.85. The van der Waals surface area contributed by atoms with Crippen molar-refractivity contribution in [2.24, 2.45) is 5.73 Å². The lowest BCUT2D eigenvalue weighted by atomic mass is 10.3. The van der Waals surface area contributed by atoms with Gasteiger partial charge >= 0.3 is 0 Å². The van der Waals surface area contributed by atoms with Gasteiger partial charge in [0, 0.05) is 39.9 Å².